The molecule has 0 bridgehead atoms. The number of nitrogens with zero attached hydrogens (tertiary/aromatic N) is 4. The van der Waals surface area contributed by atoms with Crippen molar-refractivity contribution in [1.29, 1.82) is 0 Å². The lowest BCUT2D eigenvalue weighted by atomic mass is 10.1. The number of hydrogen-bond acceptors (Lipinski definition) is 4. The lowest BCUT2D eigenvalue weighted by Crippen LogP contribution is -2.50. The van der Waals surface area contributed by atoms with Crippen LogP contribution in [0.1, 0.15) is 31.4 Å². The number of hydrogen-bond donors (Lipinski definition) is 2. The minimum atomic E-state index is 0.290. The molecule has 1 aliphatic carbocycles. The van der Waals surface area contributed by atoms with Gasteiger partial charge in [0.15, 0.2) is 5.96 Å². The first-order valence-corrected chi connectivity index (χ1v) is 10.2. The molecule has 0 aromatic carbocycles. The van der Waals surface area contributed by atoms with Crippen LogP contribution in [-0.2, 0) is 11.2 Å². The van der Waals surface area contributed by atoms with Crippen molar-refractivity contribution in [3.05, 3.63) is 30.1 Å². The molecule has 1 amide bonds. The van der Waals surface area contributed by atoms with E-state index in [4.69, 9.17) is 5.73 Å². The van der Waals surface area contributed by atoms with Crippen LogP contribution in [0, 0.1) is 5.92 Å². The second-order valence-corrected chi connectivity index (χ2v) is 7.41. The summed E-state index contributed by atoms with van der Waals surface area (Å²) >= 11 is 0. The van der Waals surface area contributed by atoms with E-state index in [2.05, 4.69) is 25.1 Å². The third-order valence-corrected chi connectivity index (χ3v) is 5.50. The molecule has 3 N–H and O–H groups in total. The normalized spacial score (nSPS) is 19.4. The Hall–Kier alpha value is -2.15. The summed E-state index contributed by atoms with van der Waals surface area (Å²) < 4.78 is 0. The second-order valence-electron chi connectivity index (χ2n) is 7.41. The van der Waals surface area contributed by atoms with Crippen molar-refractivity contribution in [2.45, 2.75) is 32.1 Å². The molecule has 0 radical (unpaired) electrons. The van der Waals surface area contributed by atoms with E-state index in [9.17, 15) is 4.79 Å². The van der Waals surface area contributed by atoms with Gasteiger partial charge in [-0.1, -0.05) is 18.9 Å². The van der Waals surface area contributed by atoms with Crippen LogP contribution in [0.2, 0.25) is 0 Å². The number of rotatable bonds is 7. The minimum absolute atomic E-state index is 0.290. The van der Waals surface area contributed by atoms with Crippen LogP contribution >= 0.6 is 0 Å². The van der Waals surface area contributed by atoms with Crippen molar-refractivity contribution in [2.75, 3.05) is 45.8 Å². The monoisotopic (exact) mass is 372 g/mol. The van der Waals surface area contributed by atoms with Gasteiger partial charge < -0.3 is 16.0 Å². The highest BCUT2D eigenvalue weighted by Crippen LogP contribution is 2.26. The van der Waals surface area contributed by atoms with E-state index in [1.165, 1.54) is 12.8 Å². The van der Waals surface area contributed by atoms with E-state index in [1.807, 2.05) is 18.2 Å². The predicted octanol–water partition coefficient (Wildman–Crippen LogP) is 0.863. The van der Waals surface area contributed by atoms with Gasteiger partial charge in [0.1, 0.15) is 0 Å². The first-order chi connectivity index (χ1) is 13.2. The zero-order chi connectivity index (χ0) is 18.9. The summed E-state index contributed by atoms with van der Waals surface area (Å²) in [4.78, 5) is 25.6. The van der Waals surface area contributed by atoms with E-state index >= 15 is 0 Å². The zero-order valence-electron chi connectivity index (χ0n) is 16.1. The van der Waals surface area contributed by atoms with E-state index in [-0.39, 0.29) is 5.92 Å². The molecular weight excluding hydrogens is 340 g/mol. The molecule has 1 aliphatic heterocycles. The average molecular weight is 373 g/mol. The molecule has 148 valence electrons. The standard InChI is InChI=1S/C20H32N6O/c21-20(23-10-8-18-7-3-4-9-22-18)24-11-12-25-13-15-26(16-14-25)19(27)17-5-1-2-6-17/h3-4,7,9,17H,1-2,5-6,8,10-16H2,(H3,21,23,24). The lowest BCUT2D eigenvalue weighted by molar-refractivity contribution is -0.137. The number of aliphatic imine (C=N–C) groups is 1. The van der Waals surface area contributed by atoms with Gasteiger partial charge in [-0.15, -0.1) is 0 Å². The molecule has 27 heavy (non-hydrogen) atoms. The highest BCUT2D eigenvalue weighted by Gasteiger charge is 2.29. The minimum Gasteiger partial charge on any atom is -0.370 e. The van der Waals surface area contributed by atoms with Gasteiger partial charge in [0, 0.05) is 63.5 Å². The van der Waals surface area contributed by atoms with Crippen LogP contribution in [0.3, 0.4) is 0 Å². The molecule has 0 spiro atoms. The van der Waals surface area contributed by atoms with Gasteiger partial charge in [0.05, 0.1) is 6.54 Å². The molecule has 0 unspecified atom stereocenters. The average Bonchev–Trinajstić information content (AvgIpc) is 3.24. The van der Waals surface area contributed by atoms with E-state index in [0.29, 0.717) is 18.4 Å². The maximum atomic E-state index is 12.5. The second kappa shape index (κ2) is 10.3. The van der Waals surface area contributed by atoms with Crippen LogP contribution in [0.4, 0.5) is 0 Å². The van der Waals surface area contributed by atoms with Crippen molar-refractivity contribution in [3.8, 4) is 0 Å². The Morgan fingerprint density at radius 3 is 2.70 bits per heavy atom. The summed E-state index contributed by atoms with van der Waals surface area (Å²) in [5.74, 6) is 1.16. The molecule has 1 aromatic rings. The molecule has 2 aliphatic rings. The number of amides is 1. The summed E-state index contributed by atoms with van der Waals surface area (Å²) in [6.07, 6.45) is 7.22. The highest BCUT2D eigenvalue weighted by molar-refractivity contribution is 5.79. The number of carbonyl (C=O) groups is 1. The third kappa shape index (κ3) is 6.20. The summed E-state index contributed by atoms with van der Waals surface area (Å²) in [7, 11) is 0. The number of pyridine rings is 1. The molecule has 1 saturated carbocycles. The number of nitrogens with two attached hydrogens (primary N) is 1. The third-order valence-electron chi connectivity index (χ3n) is 5.50. The lowest BCUT2D eigenvalue weighted by Gasteiger charge is -2.35. The van der Waals surface area contributed by atoms with E-state index in [1.54, 1.807) is 6.20 Å². The number of nitrogens with one attached hydrogen (secondary N) is 1. The van der Waals surface area contributed by atoms with Crippen molar-refractivity contribution >= 4 is 11.9 Å². The first kappa shape index (κ1) is 19.6. The van der Waals surface area contributed by atoms with Gasteiger partial charge in [-0.25, -0.2) is 0 Å². The topological polar surface area (TPSA) is 86.8 Å². The van der Waals surface area contributed by atoms with Crippen LogP contribution in [0.25, 0.3) is 0 Å². The first-order valence-electron chi connectivity index (χ1n) is 10.2. The van der Waals surface area contributed by atoms with E-state index in [0.717, 1.165) is 64.2 Å². The fourth-order valence-corrected chi connectivity index (χ4v) is 3.86. The maximum Gasteiger partial charge on any atom is 0.225 e. The van der Waals surface area contributed by atoms with Crippen LogP contribution in [-0.4, -0.2) is 72.5 Å². The van der Waals surface area contributed by atoms with Gasteiger partial charge in [-0.05, 0) is 25.0 Å². The molecule has 7 nitrogen and oxygen atoms in total. The number of piperazine rings is 1. The Morgan fingerprint density at radius 1 is 1.22 bits per heavy atom. The summed E-state index contributed by atoms with van der Waals surface area (Å²) in [5.41, 5.74) is 6.98. The van der Waals surface area contributed by atoms with E-state index < -0.39 is 0 Å². The molecule has 2 fully saturated rings. The SMILES string of the molecule is NC(=NCCN1CCN(C(=O)C2CCCC2)CC1)NCCc1ccccn1. The van der Waals surface area contributed by atoms with Crippen LogP contribution < -0.4 is 11.1 Å². The predicted molar refractivity (Wildman–Crippen MR) is 107 cm³/mol. The van der Waals surface area contributed by atoms with Crippen LogP contribution in [0.15, 0.2) is 29.4 Å². The molecule has 2 heterocycles. The van der Waals surface area contributed by atoms with Gasteiger partial charge in [0.25, 0.3) is 0 Å². The molecule has 3 rings (SSSR count). The van der Waals surface area contributed by atoms with Crippen molar-refractivity contribution in [2.24, 2.45) is 16.6 Å². The Morgan fingerprint density at radius 2 is 2.00 bits per heavy atom. The highest BCUT2D eigenvalue weighted by atomic mass is 16.2. The number of aromatic nitrogens is 1. The Labute approximate surface area is 162 Å². The van der Waals surface area contributed by atoms with Gasteiger partial charge >= 0.3 is 0 Å². The summed E-state index contributed by atoms with van der Waals surface area (Å²) in [6.45, 7) is 5.84. The molecule has 7 heteroatoms. The van der Waals surface area contributed by atoms with Gasteiger partial charge in [-0.3, -0.25) is 19.7 Å². The molecular formula is C20H32N6O. The Kier molecular flexibility index (Phi) is 7.45. The quantitative estimate of drug-likeness (QED) is 0.548. The molecule has 0 atom stereocenters. The van der Waals surface area contributed by atoms with Crippen molar-refractivity contribution < 1.29 is 4.79 Å². The Balaban J connectivity index is 1.29. The summed E-state index contributed by atoms with van der Waals surface area (Å²) in [5, 5.41) is 3.14. The van der Waals surface area contributed by atoms with Crippen molar-refractivity contribution in [3.63, 3.8) is 0 Å². The molecule has 1 saturated heterocycles. The zero-order valence-corrected chi connectivity index (χ0v) is 16.1. The van der Waals surface area contributed by atoms with Gasteiger partial charge in [-0.2, -0.15) is 0 Å². The molecule has 1 aromatic heterocycles. The Bertz CT molecular complexity index is 606. The smallest absolute Gasteiger partial charge is 0.225 e. The van der Waals surface area contributed by atoms with Crippen LogP contribution in [0.5, 0.6) is 0 Å². The summed E-state index contributed by atoms with van der Waals surface area (Å²) in [6, 6.07) is 5.91. The number of guanidine groups is 1. The van der Waals surface area contributed by atoms with Crippen molar-refractivity contribution in [1.82, 2.24) is 20.1 Å². The fourth-order valence-electron chi connectivity index (χ4n) is 3.86. The maximum absolute atomic E-state index is 12.5. The fraction of sp³-hybridized carbons (Fsp3) is 0.650. The van der Waals surface area contributed by atoms with Gasteiger partial charge in [0.2, 0.25) is 5.91 Å². The number of carbonyl (C=O) groups excluding carboxylic acids is 1. The largest absolute Gasteiger partial charge is 0.370 e.